The highest BCUT2D eigenvalue weighted by atomic mass is 16.3. The van der Waals surface area contributed by atoms with Crippen molar-refractivity contribution >= 4 is 12.6 Å². The fourth-order valence-electron chi connectivity index (χ4n) is 1.76. The predicted molar refractivity (Wildman–Crippen MR) is 64.3 cm³/mol. The minimum atomic E-state index is -0.0103. The van der Waals surface area contributed by atoms with E-state index in [9.17, 15) is 14.7 Å². The third-order valence-electron chi connectivity index (χ3n) is 2.56. The number of carbonyl (C=O) groups excluding carboxylic acids is 2. The van der Waals surface area contributed by atoms with E-state index in [4.69, 9.17) is 0 Å². The van der Waals surface area contributed by atoms with Gasteiger partial charge in [0.05, 0.1) is 0 Å². The molecule has 0 heterocycles. The molecular weight excluding hydrogens is 216 g/mol. The highest BCUT2D eigenvalue weighted by Crippen LogP contribution is 2.33. The maximum absolute atomic E-state index is 11.1. The van der Waals surface area contributed by atoms with Crippen molar-refractivity contribution in [3.05, 3.63) is 53.6 Å². The molecule has 0 saturated heterocycles. The molecule has 0 aromatic heterocycles. The topological polar surface area (TPSA) is 54.4 Å². The lowest BCUT2D eigenvalue weighted by atomic mass is 9.95. The van der Waals surface area contributed by atoms with Gasteiger partial charge in [-0.25, -0.2) is 0 Å². The van der Waals surface area contributed by atoms with E-state index in [2.05, 4.69) is 0 Å². The van der Waals surface area contributed by atoms with E-state index in [0.29, 0.717) is 23.7 Å². The van der Waals surface area contributed by atoms with Crippen molar-refractivity contribution in [3.8, 4) is 16.9 Å². The van der Waals surface area contributed by atoms with Crippen LogP contribution in [0.2, 0.25) is 0 Å². The molecule has 0 atom stereocenters. The SMILES string of the molecule is O=Cc1ccc(O)c(-c2ccccc2)c1C=O. The Morgan fingerprint density at radius 2 is 1.59 bits per heavy atom. The van der Waals surface area contributed by atoms with Crippen LogP contribution in [-0.2, 0) is 0 Å². The standard InChI is InChI=1S/C14H10O3/c15-8-11-6-7-13(17)14(12(11)9-16)10-4-2-1-3-5-10/h1-9,17H. The number of benzene rings is 2. The zero-order chi connectivity index (χ0) is 12.3. The zero-order valence-electron chi connectivity index (χ0n) is 8.96. The van der Waals surface area contributed by atoms with Crippen LogP contribution in [0.15, 0.2) is 42.5 Å². The average Bonchev–Trinajstić information content (AvgIpc) is 2.39. The monoisotopic (exact) mass is 226 g/mol. The lowest BCUT2D eigenvalue weighted by Crippen LogP contribution is -1.95. The minimum absolute atomic E-state index is 0.0103. The molecule has 0 amide bonds. The Balaban J connectivity index is 2.76. The van der Waals surface area contributed by atoms with E-state index < -0.39 is 0 Å². The van der Waals surface area contributed by atoms with Crippen LogP contribution in [0.5, 0.6) is 5.75 Å². The Labute approximate surface area is 98.3 Å². The van der Waals surface area contributed by atoms with Gasteiger partial charge in [0.1, 0.15) is 5.75 Å². The number of phenolic OH excluding ortho intramolecular Hbond substituents is 1. The van der Waals surface area contributed by atoms with Gasteiger partial charge in [-0.15, -0.1) is 0 Å². The molecule has 2 aromatic carbocycles. The van der Waals surface area contributed by atoms with Crippen LogP contribution in [0.1, 0.15) is 20.7 Å². The lowest BCUT2D eigenvalue weighted by molar-refractivity contribution is 0.109. The average molecular weight is 226 g/mol. The van der Waals surface area contributed by atoms with E-state index in [0.717, 1.165) is 0 Å². The molecule has 3 nitrogen and oxygen atoms in total. The largest absolute Gasteiger partial charge is 0.507 e. The summed E-state index contributed by atoms with van der Waals surface area (Å²) in [5.74, 6) is -0.0103. The molecule has 0 radical (unpaired) electrons. The summed E-state index contributed by atoms with van der Waals surface area (Å²) >= 11 is 0. The normalized spacial score (nSPS) is 9.88. The highest BCUT2D eigenvalue weighted by Gasteiger charge is 2.13. The Kier molecular flexibility index (Phi) is 3.01. The van der Waals surface area contributed by atoms with Crippen molar-refractivity contribution in [1.29, 1.82) is 0 Å². The number of hydrogen-bond donors (Lipinski definition) is 1. The number of aldehydes is 2. The molecule has 0 saturated carbocycles. The van der Waals surface area contributed by atoms with E-state index in [1.165, 1.54) is 12.1 Å². The van der Waals surface area contributed by atoms with E-state index in [-0.39, 0.29) is 16.9 Å². The summed E-state index contributed by atoms with van der Waals surface area (Å²) in [7, 11) is 0. The first-order valence-electron chi connectivity index (χ1n) is 5.09. The van der Waals surface area contributed by atoms with Crippen LogP contribution < -0.4 is 0 Å². The predicted octanol–water partition coefficient (Wildman–Crippen LogP) is 2.68. The van der Waals surface area contributed by atoms with Crippen molar-refractivity contribution in [2.75, 3.05) is 0 Å². The summed E-state index contributed by atoms with van der Waals surface area (Å²) < 4.78 is 0. The maximum atomic E-state index is 11.1. The Morgan fingerprint density at radius 3 is 2.18 bits per heavy atom. The van der Waals surface area contributed by atoms with Crippen LogP contribution in [0.3, 0.4) is 0 Å². The van der Waals surface area contributed by atoms with Crippen LogP contribution in [0.4, 0.5) is 0 Å². The third-order valence-corrected chi connectivity index (χ3v) is 2.56. The highest BCUT2D eigenvalue weighted by molar-refractivity contribution is 5.99. The molecule has 2 rings (SSSR count). The summed E-state index contributed by atoms with van der Waals surface area (Å²) in [6.45, 7) is 0. The smallest absolute Gasteiger partial charge is 0.151 e. The van der Waals surface area contributed by atoms with Crippen LogP contribution >= 0.6 is 0 Å². The number of hydrogen-bond acceptors (Lipinski definition) is 3. The molecular formula is C14H10O3. The molecule has 0 fully saturated rings. The third kappa shape index (κ3) is 1.95. The molecule has 2 aromatic rings. The van der Waals surface area contributed by atoms with Crippen LogP contribution in [-0.4, -0.2) is 17.7 Å². The summed E-state index contributed by atoms with van der Waals surface area (Å²) in [5, 5.41) is 9.82. The first-order chi connectivity index (χ1) is 8.27. The number of rotatable bonds is 3. The molecule has 17 heavy (non-hydrogen) atoms. The van der Waals surface area contributed by atoms with Crippen molar-refractivity contribution < 1.29 is 14.7 Å². The second kappa shape index (κ2) is 4.61. The molecule has 0 unspecified atom stereocenters. The van der Waals surface area contributed by atoms with Crippen molar-refractivity contribution in [2.24, 2.45) is 0 Å². The summed E-state index contributed by atoms with van der Waals surface area (Å²) in [6.07, 6.45) is 1.20. The molecule has 84 valence electrons. The van der Waals surface area contributed by atoms with Gasteiger partial charge in [-0.05, 0) is 17.7 Å². The maximum Gasteiger partial charge on any atom is 0.151 e. The number of phenols is 1. The van der Waals surface area contributed by atoms with Gasteiger partial charge in [0.25, 0.3) is 0 Å². The van der Waals surface area contributed by atoms with Crippen molar-refractivity contribution in [3.63, 3.8) is 0 Å². The summed E-state index contributed by atoms with van der Waals surface area (Å²) in [6, 6.07) is 11.8. The summed E-state index contributed by atoms with van der Waals surface area (Å²) in [4.78, 5) is 21.9. The van der Waals surface area contributed by atoms with E-state index in [1.54, 1.807) is 24.3 Å². The van der Waals surface area contributed by atoms with Crippen LogP contribution in [0.25, 0.3) is 11.1 Å². The Hall–Kier alpha value is -2.42. The quantitative estimate of drug-likeness (QED) is 0.818. The molecule has 0 aliphatic heterocycles. The molecule has 3 heteroatoms. The van der Waals surface area contributed by atoms with Gasteiger partial charge in [-0.3, -0.25) is 9.59 Å². The van der Waals surface area contributed by atoms with Gasteiger partial charge in [0, 0.05) is 16.7 Å². The molecule has 1 N–H and O–H groups in total. The van der Waals surface area contributed by atoms with E-state index >= 15 is 0 Å². The lowest BCUT2D eigenvalue weighted by Gasteiger charge is -2.09. The fraction of sp³-hybridized carbons (Fsp3) is 0. The second-order valence-corrected chi connectivity index (χ2v) is 3.56. The zero-order valence-corrected chi connectivity index (χ0v) is 8.96. The molecule has 0 bridgehead atoms. The molecule has 0 spiro atoms. The minimum Gasteiger partial charge on any atom is -0.507 e. The van der Waals surface area contributed by atoms with E-state index in [1.807, 2.05) is 6.07 Å². The van der Waals surface area contributed by atoms with Gasteiger partial charge in [0.2, 0.25) is 0 Å². The van der Waals surface area contributed by atoms with Crippen molar-refractivity contribution in [1.82, 2.24) is 0 Å². The molecule has 0 aliphatic rings. The van der Waals surface area contributed by atoms with Gasteiger partial charge in [-0.2, -0.15) is 0 Å². The molecule has 0 aliphatic carbocycles. The number of aromatic hydroxyl groups is 1. The number of carbonyl (C=O) groups is 2. The van der Waals surface area contributed by atoms with Gasteiger partial charge < -0.3 is 5.11 Å². The first kappa shape index (κ1) is 11.1. The fourth-order valence-corrected chi connectivity index (χ4v) is 1.76. The van der Waals surface area contributed by atoms with Gasteiger partial charge in [-0.1, -0.05) is 30.3 Å². The van der Waals surface area contributed by atoms with Crippen molar-refractivity contribution in [2.45, 2.75) is 0 Å². The Bertz CT molecular complexity index is 559. The van der Waals surface area contributed by atoms with Crippen LogP contribution in [0, 0.1) is 0 Å². The summed E-state index contributed by atoms with van der Waals surface area (Å²) in [5.41, 5.74) is 1.59. The van der Waals surface area contributed by atoms with Gasteiger partial charge in [0.15, 0.2) is 12.6 Å². The van der Waals surface area contributed by atoms with Gasteiger partial charge >= 0.3 is 0 Å². The second-order valence-electron chi connectivity index (χ2n) is 3.56. The Morgan fingerprint density at radius 1 is 0.882 bits per heavy atom. The first-order valence-corrected chi connectivity index (χ1v) is 5.09.